The van der Waals surface area contributed by atoms with E-state index in [-0.39, 0.29) is 6.04 Å². The molecule has 1 unspecified atom stereocenters. The smallest absolute Gasteiger partial charge is 0.239 e. The van der Waals surface area contributed by atoms with Crippen LogP contribution in [0.1, 0.15) is 39.0 Å². The summed E-state index contributed by atoms with van der Waals surface area (Å²) in [6.45, 7) is 5.23. The van der Waals surface area contributed by atoms with Gasteiger partial charge in [0.25, 0.3) is 0 Å². The highest BCUT2D eigenvalue weighted by Gasteiger charge is 2.27. The molecule has 2 fully saturated rings. The Kier molecular flexibility index (Phi) is 3.62. The van der Waals surface area contributed by atoms with Crippen LogP contribution in [-0.2, 0) is 4.79 Å². The van der Waals surface area contributed by atoms with Crippen LogP contribution in [0.3, 0.4) is 0 Å². The highest BCUT2D eigenvalue weighted by molar-refractivity contribution is 5.82. The Balaban J connectivity index is 1.84. The number of nitrogens with one attached hydrogen (secondary N) is 1. The Hall–Kier alpha value is -0.570. The van der Waals surface area contributed by atoms with E-state index in [2.05, 4.69) is 17.1 Å². The fourth-order valence-corrected chi connectivity index (χ4v) is 2.51. The number of amides is 1. The van der Waals surface area contributed by atoms with Gasteiger partial charge < -0.3 is 10.2 Å². The predicted octanol–water partition coefficient (Wildman–Crippen LogP) is 1.39. The van der Waals surface area contributed by atoms with Crippen molar-refractivity contribution < 1.29 is 4.79 Å². The number of rotatable bonds is 1. The summed E-state index contributed by atoms with van der Waals surface area (Å²) in [5, 5.41) is 3.34. The summed E-state index contributed by atoms with van der Waals surface area (Å²) in [6.07, 6.45) is 5.82. The minimum absolute atomic E-state index is 0.118. The minimum Gasteiger partial charge on any atom is -0.341 e. The number of carbonyl (C=O) groups excluding carboxylic acids is 1. The molecule has 0 saturated carbocycles. The summed E-state index contributed by atoms with van der Waals surface area (Å²) in [6, 6.07) is 0.118. The SMILES string of the molecule is CC1CCN(C(=O)C2CCCCN2)CC1. The van der Waals surface area contributed by atoms with Crippen molar-refractivity contribution in [2.75, 3.05) is 19.6 Å². The topological polar surface area (TPSA) is 32.3 Å². The quantitative estimate of drug-likeness (QED) is 0.709. The number of nitrogens with zero attached hydrogens (tertiary/aromatic N) is 1. The number of hydrogen-bond donors (Lipinski definition) is 1. The molecule has 3 heteroatoms. The third-order valence-corrected chi connectivity index (χ3v) is 3.70. The van der Waals surface area contributed by atoms with E-state index in [1.807, 2.05) is 0 Å². The molecule has 0 aliphatic carbocycles. The van der Waals surface area contributed by atoms with Crippen molar-refractivity contribution in [3.63, 3.8) is 0 Å². The summed E-state index contributed by atoms with van der Waals surface area (Å²) in [5.74, 6) is 1.15. The van der Waals surface area contributed by atoms with Crippen LogP contribution in [0.5, 0.6) is 0 Å². The van der Waals surface area contributed by atoms with E-state index < -0.39 is 0 Å². The van der Waals surface area contributed by atoms with E-state index in [4.69, 9.17) is 0 Å². The van der Waals surface area contributed by atoms with Gasteiger partial charge in [0.1, 0.15) is 0 Å². The molecule has 2 rings (SSSR count). The lowest BCUT2D eigenvalue weighted by molar-refractivity contribution is -0.135. The van der Waals surface area contributed by atoms with E-state index in [0.29, 0.717) is 5.91 Å². The minimum atomic E-state index is 0.118. The molecule has 1 N–H and O–H groups in total. The fraction of sp³-hybridized carbons (Fsp3) is 0.917. The summed E-state index contributed by atoms with van der Waals surface area (Å²) < 4.78 is 0. The zero-order valence-electron chi connectivity index (χ0n) is 9.67. The Morgan fingerprint density at radius 2 is 1.93 bits per heavy atom. The van der Waals surface area contributed by atoms with Crippen molar-refractivity contribution in [2.24, 2.45) is 5.92 Å². The second-order valence-corrected chi connectivity index (χ2v) is 5.01. The zero-order chi connectivity index (χ0) is 10.7. The van der Waals surface area contributed by atoms with Crippen molar-refractivity contribution in [1.29, 1.82) is 0 Å². The van der Waals surface area contributed by atoms with Gasteiger partial charge in [-0.1, -0.05) is 13.3 Å². The van der Waals surface area contributed by atoms with Gasteiger partial charge in [-0.25, -0.2) is 0 Å². The lowest BCUT2D eigenvalue weighted by Gasteiger charge is -2.34. The molecule has 0 spiro atoms. The zero-order valence-corrected chi connectivity index (χ0v) is 9.67. The molecule has 15 heavy (non-hydrogen) atoms. The first-order valence-corrected chi connectivity index (χ1v) is 6.29. The second-order valence-electron chi connectivity index (χ2n) is 5.01. The Morgan fingerprint density at radius 1 is 1.20 bits per heavy atom. The molecule has 3 nitrogen and oxygen atoms in total. The van der Waals surface area contributed by atoms with Crippen LogP contribution in [0, 0.1) is 5.92 Å². The Labute approximate surface area is 92.2 Å². The van der Waals surface area contributed by atoms with Gasteiger partial charge in [0.05, 0.1) is 6.04 Å². The number of carbonyl (C=O) groups is 1. The summed E-state index contributed by atoms with van der Waals surface area (Å²) >= 11 is 0. The van der Waals surface area contributed by atoms with Gasteiger partial charge in [0.15, 0.2) is 0 Å². The average Bonchev–Trinajstić information content (AvgIpc) is 2.30. The predicted molar refractivity (Wildman–Crippen MR) is 60.6 cm³/mol. The van der Waals surface area contributed by atoms with Crippen molar-refractivity contribution >= 4 is 5.91 Å². The van der Waals surface area contributed by atoms with E-state index in [9.17, 15) is 4.79 Å². The fourth-order valence-electron chi connectivity index (χ4n) is 2.51. The maximum absolute atomic E-state index is 12.1. The molecular formula is C12H22N2O. The van der Waals surface area contributed by atoms with E-state index in [1.54, 1.807) is 0 Å². The summed E-state index contributed by atoms with van der Waals surface area (Å²) in [5.41, 5.74) is 0. The third-order valence-electron chi connectivity index (χ3n) is 3.70. The highest BCUT2D eigenvalue weighted by atomic mass is 16.2. The van der Waals surface area contributed by atoms with Crippen LogP contribution in [0.2, 0.25) is 0 Å². The third kappa shape index (κ3) is 2.71. The first-order chi connectivity index (χ1) is 7.27. The van der Waals surface area contributed by atoms with Gasteiger partial charge in [0, 0.05) is 13.1 Å². The maximum atomic E-state index is 12.1. The van der Waals surface area contributed by atoms with Crippen LogP contribution in [0.4, 0.5) is 0 Å². The Morgan fingerprint density at radius 3 is 2.53 bits per heavy atom. The molecule has 0 bridgehead atoms. The molecule has 1 atom stereocenters. The number of piperidine rings is 2. The first-order valence-electron chi connectivity index (χ1n) is 6.29. The van der Waals surface area contributed by atoms with Gasteiger partial charge in [-0.15, -0.1) is 0 Å². The molecule has 2 aliphatic heterocycles. The molecule has 86 valence electrons. The standard InChI is InChI=1S/C12H22N2O/c1-10-5-8-14(9-6-10)12(15)11-4-2-3-7-13-11/h10-11,13H,2-9H2,1H3. The molecule has 2 heterocycles. The highest BCUT2D eigenvalue weighted by Crippen LogP contribution is 2.18. The van der Waals surface area contributed by atoms with Crippen LogP contribution in [0.25, 0.3) is 0 Å². The monoisotopic (exact) mass is 210 g/mol. The second kappa shape index (κ2) is 4.97. The van der Waals surface area contributed by atoms with Crippen molar-refractivity contribution in [3.05, 3.63) is 0 Å². The molecule has 0 radical (unpaired) electrons. The van der Waals surface area contributed by atoms with E-state index in [1.165, 1.54) is 25.7 Å². The lowest BCUT2D eigenvalue weighted by Crippen LogP contribution is -2.50. The van der Waals surface area contributed by atoms with Crippen molar-refractivity contribution in [1.82, 2.24) is 10.2 Å². The normalized spacial score (nSPS) is 29.1. The van der Waals surface area contributed by atoms with Crippen molar-refractivity contribution in [2.45, 2.75) is 45.1 Å². The van der Waals surface area contributed by atoms with Gasteiger partial charge in [0.2, 0.25) is 5.91 Å². The summed E-state index contributed by atoms with van der Waals surface area (Å²) in [4.78, 5) is 14.2. The lowest BCUT2D eigenvalue weighted by atomic mass is 9.97. The number of likely N-dealkylation sites (tertiary alicyclic amines) is 1. The average molecular weight is 210 g/mol. The van der Waals surface area contributed by atoms with Gasteiger partial charge >= 0.3 is 0 Å². The van der Waals surface area contributed by atoms with Crippen LogP contribution >= 0.6 is 0 Å². The van der Waals surface area contributed by atoms with Crippen LogP contribution in [-0.4, -0.2) is 36.5 Å². The van der Waals surface area contributed by atoms with Gasteiger partial charge in [-0.2, -0.15) is 0 Å². The summed E-state index contributed by atoms with van der Waals surface area (Å²) in [7, 11) is 0. The first kappa shape index (κ1) is 10.9. The molecule has 0 aromatic heterocycles. The molecule has 1 amide bonds. The molecule has 2 saturated heterocycles. The largest absolute Gasteiger partial charge is 0.341 e. The van der Waals surface area contributed by atoms with Crippen molar-refractivity contribution in [3.8, 4) is 0 Å². The number of hydrogen-bond acceptors (Lipinski definition) is 2. The van der Waals surface area contributed by atoms with E-state index in [0.717, 1.165) is 32.0 Å². The van der Waals surface area contributed by atoms with Crippen LogP contribution in [0.15, 0.2) is 0 Å². The van der Waals surface area contributed by atoms with Gasteiger partial charge in [-0.05, 0) is 38.1 Å². The Bertz CT molecular complexity index is 216. The molecule has 0 aromatic carbocycles. The molecule has 0 aromatic rings. The van der Waals surface area contributed by atoms with E-state index >= 15 is 0 Å². The molecular weight excluding hydrogens is 188 g/mol. The van der Waals surface area contributed by atoms with Crippen LogP contribution < -0.4 is 5.32 Å². The maximum Gasteiger partial charge on any atom is 0.239 e. The van der Waals surface area contributed by atoms with Gasteiger partial charge in [-0.3, -0.25) is 4.79 Å². The molecule has 2 aliphatic rings.